The SMILES string of the molecule is O=P(O)(Cc1cccc2ccccc12)Oc1ccccc1. The van der Waals surface area contributed by atoms with Crippen molar-refractivity contribution in [2.24, 2.45) is 0 Å². The van der Waals surface area contributed by atoms with Gasteiger partial charge in [0.2, 0.25) is 0 Å². The average Bonchev–Trinajstić information content (AvgIpc) is 2.48. The van der Waals surface area contributed by atoms with E-state index in [0.29, 0.717) is 5.75 Å². The first-order valence-corrected chi connectivity index (χ1v) is 8.43. The summed E-state index contributed by atoms with van der Waals surface area (Å²) in [6.07, 6.45) is -0.0107. The van der Waals surface area contributed by atoms with Gasteiger partial charge in [-0.15, -0.1) is 0 Å². The molecular formula is C17H15O3P. The molecule has 1 unspecified atom stereocenters. The maximum Gasteiger partial charge on any atom is 0.381 e. The Hall–Kier alpha value is -2.09. The van der Waals surface area contributed by atoms with Crippen molar-refractivity contribution >= 4 is 18.4 Å². The van der Waals surface area contributed by atoms with Crippen LogP contribution in [0.4, 0.5) is 0 Å². The minimum Gasteiger partial charge on any atom is -0.424 e. The molecule has 3 aromatic carbocycles. The van der Waals surface area contributed by atoms with Crippen LogP contribution < -0.4 is 4.52 Å². The molecule has 3 rings (SSSR count). The van der Waals surface area contributed by atoms with E-state index in [0.717, 1.165) is 16.3 Å². The lowest BCUT2D eigenvalue weighted by molar-refractivity contribution is 0.378. The highest BCUT2D eigenvalue weighted by Crippen LogP contribution is 2.46. The van der Waals surface area contributed by atoms with Crippen molar-refractivity contribution in [3.8, 4) is 5.75 Å². The molecule has 3 nitrogen and oxygen atoms in total. The molecule has 106 valence electrons. The third kappa shape index (κ3) is 3.33. The molecule has 1 atom stereocenters. The minimum absolute atomic E-state index is 0.0107. The van der Waals surface area contributed by atoms with Crippen LogP contribution in [-0.4, -0.2) is 4.89 Å². The van der Waals surface area contributed by atoms with Gasteiger partial charge in [-0.1, -0.05) is 60.7 Å². The Morgan fingerprint density at radius 1 is 0.857 bits per heavy atom. The van der Waals surface area contributed by atoms with Gasteiger partial charge in [0.25, 0.3) is 0 Å². The molecule has 0 spiro atoms. The summed E-state index contributed by atoms with van der Waals surface area (Å²) >= 11 is 0. The maximum absolute atomic E-state index is 12.3. The van der Waals surface area contributed by atoms with Crippen molar-refractivity contribution in [1.82, 2.24) is 0 Å². The van der Waals surface area contributed by atoms with Crippen molar-refractivity contribution < 1.29 is 14.0 Å². The molecule has 0 fully saturated rings. The second kappa shape index (κ2) is 5.72. The van der Waals surface area contributed by atoms with E-state index in [1.807, 2.05) is 48.5 Å². The van der Waals surface area contributed by atoms with E-state index in [1.54, 1.807) is 24.3 Å². The summed E-state index contributed by atoms with van der Waals surface area (Å²) in [5.74, 6) is 0.406. The standard InChI is InChI=1S/C17H15O3P/c18-21(19,20-16-10-2-1-3-11-16)13-15-9-6-8-14-7-4-5-12-17(14)15/h1-12H,13H2,(H,18,19). The van der Waals surface area contributed by atoms with Crippen LogP contribution in [0, 0.1) is 0 Å². The predicted octanol–water partition coefficient (Wildman–Crippen LogP) is 4.60. The first-order chi connectivity index (χ1) is 10.1. The van der Waals surface area contributed by atoms with Crippen LogP contribution in [0.25, 0.3) is 10.8 Å². The molecule has 21 heavy (non-hydrogen) atoms. The molecule has 4 heteroatoms. The lowest BCUT2D eigenvalue weighted by atomic mass is 10.1. The van der Waals surface area contributed by atoms with Gasteiger partial charge in [0.15, 0.2) is 0 Å². The smallest absolute Gasteiger partial charge is 0.381 e. The third-order valence-electron chi connectivity index (χ3n) is 3.24. The Bertz CT molecular complexity index is 794. The highest BCUT2D eigenvalue weighted by Gasteiger charge is 2.22. The zero-order valence-electron chi connectivity index (χ0n) is 11.3. The zero-order valence-corrected chi connectivity index (χ0v) is 12.2. The number of rotatable bonds is 4. The number of hydrogen-bond donors (Lipinski definition) is 1. The summed E-state index contributed by atoms with van der Waals surface area (Å²) in [7, 11) is -3.74. The van der Waals surface area contributed by atoms with Gasteiger partial charge in [0.05, 0.1) is 6.16 Å². The Balaban J connectivity index is 1.89. The minimum atomic E-state index is -3.74. The van der Waals surface area contributed by atoms with Crippen molar-refractivity contribution in [1.29, 1.82) is 0 Å². The van der Waals surface area contributed by atoms with Crippen molar-refractivity contribution in [2.75, 3.05) is 0 Å². The molecule has 1 N–H and O–H groups in total. The van der Waals surface area contributed by atoms with E-state index in [4.69, 9.17) is 4.52 Å². The first-order valence-electron chi connectivity index (χ1n) is 6.67. The van der Waals surface area contributed by atoms with Crippen LogP contribution in [0.5, 0.6) is 5.75 Å². The highest BCUT2D eigenvalue weighted by atomic mass is 31.2. The van der Waals surface area contributed by atoms with Gasteiger partial charge in [-0.2, -0.15) is 0 Å². The number of benzene rings is 3. The van der Waals surface area contributed by atoms with E-state index < -0.39 is 7.60 Å². The van der Waals surface area contributed by atoms with E-state index >= 15 is 0 Å². The van der Waals surface area contributed by atoms with Crippen LogP contribution in [-0.2, 0) is 10.7 Å². The van der Waals surface area contributed by atoms with E-state index in [-0.39, 0.29) is 6.16 Å². The quantitative estimate of drug-likeness (QED) is 0.716. The Labute approximate surface area is 123 Å². The molecule has 0 bridgehead atoms. The van der Waals surface area contributed by atoms with Crippen molar-refractivity contribution in [2.45, 2.75) is 6.16 Å². The van der Waals surface area contributed by atoms with Gasteiger partial charge in [-0.25, -0.2) is 4.57 Å². The van der Waals surface area contributed by atoms with Gasteiger partial charge in [0, 0.05) is 0 Å². The molecule has 0 aromatic heterocycles. The molecule has 0 aliphatic rings. The zero-order chi connectivity index (χ0) is 14.7. The Morgan fingerprint density at radius 2 is 1.52 bits per heavy atom. The summed E-state index contributed by atoms with van der Waals surface area (Å²) in [5.41, 5.74) is 0.815. The fourth-order valence-electron chi connectivity index (χ4n) is 2.32. The monoisotopic (exact) mass is 298 g/mol. The molecule has 0 aliphatic heterocycles. The molecular weight excluding hydrogens is 283 g/mol. The van der Waals surface area contributed by atoms with E-state index in [1.165, 1.54) is 0 Å². The molecule has 0 aliphatic carbocycles. The second-order valence-corrected chi connectivity index (χ2v) is 6.61. The van der Waals surface area contributed by atoms with Crippen LogP contribution >= 0.6 is 7.60 Å². The maximum atomic E-state index is 12.3. The summed E-state index contributed by atoms with van der Waals surface area (Å²) in [5, 5.41) is 2.03. The summed E-state index contributed by atoms with van der Waals surface area (Å²) in [4.78, 5) is 10.1. The van der Waals surface area contributed by atoms with Crippen LogP contribution in [0.1, 0.15) is 5.56 Å². The Kier molecular flexibility index (Phi) is 3.78. The molecule has 0 saturated heterocycles. The topological polar surface area (TPSA) is 46.5 Å². The van der Waals surface area contributed by atoms with Gasteiger partial charge >= 0.3 is 7.60 Å². The van der Waals surface area contributed by atoms with Gasteiger partial charge in [-0.3, -0.25) is 0 Å². The number of hydrogen-bond acceptors (Lipinski definition) is 2. The second-order valence-electron chi connectivity index (χ2n) is 4.84. The molecule has 0 amide bonds. The third-order valence-corrected chi connectivity index (χ3v) is 4.48. The van der Waals surface area contributed by atoms with E-state index in [2.05, 4.69) is 0 Å². The number of para-hydroxylation sites is 1. The molecule has 0 saturated carbocycles. The number of fused-ring (bicyclic) bond motifs is 1. The van der Waals surface area contributed by atoms with Crippen LogP contribution in [0.3, 0.4) is 0 Å². The van der Waals surface area contributed by atoms with Gasteiger partial charge in [0.1, 0.15) is 5.75 Å². The first kappa shape index (κ1) is 13.9. The summed E-state index contributed by atoms with van der Waals surface area (Å²) in [6, 6.07) is 22.3. The molecule has 0 heterocycles. The lowest BCUT2D eigenvalue weighted by Crippen LogP contribution is -1.96. The predicted molar refractivity (Wildman–Crippen MR) is 84.5 cm³/mol. The highest BCUT2D eigenvalue weighted by molar-refractivity contribution is 7.52. The molecule has 0 radical (unpaired) electrons. The normalized spacial score (nSPS) is 13.8. The van der Waals surface area contributed by atoms with Crippen LogP contribution in [0.15, 0.2) is 72.8 Å². The summed E-state index contributed by atoms with van der Waals surface area (Å²) in [6.45, 7) is 0. The van der Waals surface area contributed by atoms with Crippen LogP contribution in [0.2, 0.25) is 0 Å². The van der Waals surface area contributed by atoms with Gasteiger partial charge in [-0.05, 0) is 28.5 Å². The fraction of sp³-hybridized carbons (Fsp3) is 0.0588. The van der Waals surface area contributed by atoms with E-state index in [9.17, 15) is 9.46 Å². The lowest BCUT2D eigenvalue weighted by Gasteiger charge is -2.14. The molecule has 3 aromatic rings. The largest absolute Gasteiger partial charge is 0.424 e. The van der Waals surface area contributed by atoms with Crippen molar-refractivity contribution in [3.05, 3.63) is 78.4 Å². The average molecular weight is 298 g/mol. The van der Waals surface area contributed by atoms with Gasteiger partial charge < -0.3 is 9.42 Å². The Morgan fingerprint density at radius 3 is 2.33 bits per heavy atom. The summed E-state index contributed by atoms with van der Waals surface area (Å²) < 4.78 is 17.6. The fourth-order valence-corrected chi connectivity index (χ4v) is 3.55. The van der Waals surface area contributed by atoms with Crippen molar-refractivity contribution in [3.63, 3.8) is 0 Å².